The average Bonchev–Trinajstić information content (AvgIpc) is 2.82. The monoisotopic (exact) mass is 237 g/mol. The molecule has 1 aliphatic rings. The van der Waals surface area contributed by atoms with Gasteiger partial charge in [0.15, 0.2) is 0 Å². The average molecular weight is 237 g/mol. The lowest BCUT2D eigenvalue weighted by atomic mass is 9.76. The number of aromatic nitrogens is 2. The second kappa shape index (κ2) is 4.87. The lowest BCUT2D eigenvalue weighted by Gasteiger charge is -2.39. The number of hydrogen-bond acceptors (Lipinski definition) is 3. The first-order chi connectivity index (χ1) is 8.15. The van der Waals surface area contributed by atoms with Gasteiger partial charge in [0, 0.05) is 6.20 Å². The van der Waals surface area contributed by atoms with E-state index in [-0.39, 0.29) is 12.5 Å². The summed E-state index contributed by atoms with van der Waals surface area (Å²) in [5.74, 6) is 0.377. The molecule has 0 bridgehead atoms. The van der Waals surface area contributed by atoms with Gasteiger partial charge in [-0.1, -0.05) is 19.8 Å². The summed E-state index contributed by atoms with van der Waals surface area (Å²) >= 11 is 0. The van der Waals surface area contributed by atoms with Gasteiger partial charge in [0.25, 0.3) is 5.91 Å². The van der Waals surface area contributed by atoms with Crippen LogP contribution in [0.25, 0.3) is 0 Å². The molecule has 0 saturated heterocycles. The Kier molecular flexibility index (Phi) is 3.47. The van der Waals surface area contributed by atoms with Gasteiger partial charge in [-0.15, -0.1) is 0 Å². The Morgan fingerprint density at radius 1 is 1.76 bits per heavy atom. The van der Waals surface area contributed by atoms with Gasteiger partial charge in [0.1, 0.15) is 0 Å². The fourth-order valence-electron chi connectivity index (χ4n) is 2.64. The van der Waals surface area contributed by atoms with E-state index in [1.165, 1.54) is 12.6 Å². The molecule has 17 heavy (non-hydrogen) atoms. The fraction of sp³-hybridized carbons (Fsp3) is 0.667. The number of hydrogen-bond donors (Lipinski definition) is 3. The lowest BCUT2D eigenvalue weighted by Crippen LogP contribution is -2.53. The molecule has 2 rings (SSSR count). The van der Waals surface area contributed by atoms with Crippen molar-refractivity contribution in [1.82, 2.24) is 15.5 Å². The van der Waals surface area contributed by atoms with E-state index in [2.05, 4.69) is 22.4 Å². The fourth-order valence-corrected chi connectivity index (χ4v) is 2.64. The van der Waals surface area contributed by atoms with Crippen molar-refractivity contribution in [2.45, 2.75) is 38.1 Å². The van der Waals surface area contributed by atoms with Gasteiger partial charge in [-0.05, 0) is 18.8 Å². The summed E-state index contributed by atoms with van der Waals surface area (Å²) in [6.07, 6.45) is 6.96. The topological polar surface area (TPSA) is 78.0 Å². The van der Waals surface area contributed by atoms with Crippen LogP contribution in [0, 0.1) is 5.92 Å². The van der Waals surface area contributed by atoms with E-state index in [1.807, 2.05) is 0 Å². The van der Waals surface area contributed by atoms with Gasteiger partial charge in [0.05, 0.1) is 23.9 Å². The van der Waals surface area contributed by atoms with Gasteiger partial charge < -0.3 is 10.4 Å². The maximum Gasteiger partial charge on any atom is 0.254 e. The number of H-pyrrole nitrogens is 1. The smallest absolute Gasteiger partial charge is 0.254 e. The Balaban J connectivity index is 2.06. The molecular weight excluding hydrogens is 218 g/mol. The van der Waals surface area contributed by atoms with Crippen molar-refractivity contribution in [3.8, 4) is 0 Å². The second-order valence-corrected chi connectivity index (χ2v) is 5.08. The molecule has 0 aromatic carbocycles. The normalized spacial score (nSPS) is 28.9. The number of nitrogens with zero attached hydrogens (tertiary/aromatic N) is 1. The van der Waals surface area contributed by atoms with E-state index in [4.69, 9.17) is 0 Å². The summed E-state index contributed by atoms with van der Waals surface area (Å²) in [6, 6.07) is 0. The van der Waals surface area contributed by atoms with Crippen LogP contribution in [-0.4, -0.2) is 33.4 Å². The van der Waals surface area contributed by atoms with E-state index in [0.29, 0.717) is 11.5 Å². The molecule has 1 amide bonds. The predicted octanol–water partition coefficient (Wildman–Crippen LogP) is 1.08. The molecule has 1 aliphatic carbocycles. The van der Waals surface area contributed by atoms with Crippen LogP contribution in [0.3, 0.4) is 0 Å². The van der Waals surface area contributed by atoms with Crippen molar-refractivity contribution in [2.75, 3.05) is 6.61 Å². The number of aliphatic hydroxyl groups excluding tert-OH is 1. The standard InChI is InChI=1S/C12H19N3O2/c1-9-3-2-4-12(5-9,8-16)15-11(17)10-6-13-14-7-10/h6-7,9,16H,2-5,8H2,1H3,(H,13,14)(H,15,17). The number of carbonyl (C=O) groups excluding carboxylic acids is 1. The van der Waals surface area contributed by atoms with Crippen molar-refractivity contribution >= 4 is 5.91 Å². The van der Waals surface area contributed by atoms with Crippen molar-refractivity contribution in [2.24, 2.45) is 5.92 Å². The van der Waals surface area contributed by atoms with Crippen molar-refractivity contribution in [3.05, 3.63) is 18.0 Å². The van der Waals surface area contributed by atoms with Gasteiger partial charge >= 0.3 is 0 Å². The zero-order valence-electron chi connectivity index (χ0n) is 10.1. The molecule has 5 heteroatoms. The molecule has 2 unspecified atom stereocenters. The van der Waals surface area contributed by atoms with E-state index >= 15 is 0 Å². The Labute approximate surface area is 101 Å². The van der Waals surface area contributed by atoms with Crippen LogP contribution in [0.15, 0.2) is 12.4 Å². The largest absolute Gasteiger partial charge is 0.394 e. The highest BCUT2D eigenvalue weighted by Crippen LogP contribution is 2.32. The Morgan fingerprint density at radius 3 is 3.18 bits per heavy atom. The second-order valence-electron chi connectivity index (χ2n) is 5.08. The third kappa shape index (κ3) is 2.66. The van der Waals surface area contributed by atoms with Crippen LogP contribution in [0.2, 0.25) is 0 Å². The van der Waals surface area contributed by atoms with E-state index in [9.17, 15) is 9.90 Å². The van der Waals surface area contributed by atoms with Gasteiger partial charge in [0.2, 0.25) is 0 Å². The first-order valence-electron chi connectivity index (χ1n) is 6.07. The van der Waals surface area contributed by atoms with Crippen LogP contribution in [-0.2, 0) is 0 Å². The molecule has 1 heterocycles. The molecule has 1 fully saturated rings. The minimum absolute atomic E-state index is 0.000924. The molecule has 3 N–H and O–H groups in total. The molecule has 1 aromatic heterocycles. The minimum atomic E-state index is -0.452. The number of carbonyl (C=O) groups is 1. The highest BCUT2D eigenvalue weighted by Gasteiger charge is 2.36. The molecule has 94 valence electrons. The van der Waals surface area contributed by atoms with Crippen LogP contribution in [0.5, 0.6) is 0 Å². The molecule has 2 atom stereocenters. The highest BCUT2D eigenvalue weighted by molar-refractivity contribution is 5.94. The number of aromatic amines is 1. The number of rotatable bonds is 3. The zero-order valence-corrected chi connectivity index (χ0v) is 10.1. The predicted molar refractivity (Wildman–Crippen MR) is 63.5 cm³/mol. The van der Waals surface area contributed by atoms with Gasteiger partial charge in [-0.3, -0.25) is 9.89 Å². The third-order valence-corrected chi connectivity index (χ3v) is 3.53. The summed E-state index contributed by atoms with van der Waals surface area (Å²) in [5, 5.41) is 18.9. The molecule has 1 aromatic rings. The van der Waals surface area contributed by atoms with Crippen LogP contribution >= 0.6 is 0 Å². The summed E-state index contributed by atoms with van der Waals surface area (Å²) < 4.78 is 0. The van der Waals surface area contributed by atoms with Crippen molar-refractivity contribution in [1.29, 1.82) is 0 Å². The number of nitrogens with one attached hydrogen (secondary N) is 2. The summed E-state index contributed by atoms with van der Waals surface area (Å²) in [4.78, 5) is 12.0. The maximum atomic E-state index is 12.0. The quantitative estimate of drug-likeness (QED) is 0.736. The van der Waals surface area contributed by atoms with E-state index in [0.717, 1.165) is 19.3 Å². The summed E-state index contributed by atoms with van der Waals surface area (Å²) in [7, 11) is 0. The first-order valence-corrected chi connectivity index (χ1v) is 6.07. The molecule has 0 aliphatic heterocycles. The summed E-state index contributed by atoms with van der Waals surface area (Å²) in [5.41, 5.74) is 0.0579. The van der Waals surface area contributed by atoms with Crippen LogP contribution in [0.1, 0.15) is 43.0 Å². The van der Waals surface area contributed by atoms with Crippen molar-refractivity contribution < 1.29 is 9.90 Å². The molecule has 0 spiro atoms. The van der Waals surface area contributed by atoms with Gasteiger partial charge in [-0.25, -0.2) is 0 Å². The molecule has 1 saturated carbocycles. The third-order valence-electron chi connectivity index (χ3n) is 3.53. The van der Waals surface area contributed by atoms with Crippen LogP contribution in [0.4, 0.5) is 0 Å². The Hall–Kier alpha value is -1.36. The summed E-state index contributed by atoms with van der Waals surface area (Å²) in [6.45, 7) is 2.16. The number of amides is 1. The van der Waals surface area contributed by atoms with E-state index in [1.54, 1.807) is 6.20 Å². The minimum Gasteiger partial charge on any atom is -0.394 e. The lowest BCUT2D eigenvalue weighted by molar-refractivity contribution is 0.0697. The molecule has 0 radical (unpaired) electrons. The van der Waals surface area contributed by atoms with Gasteiger partial charge in [-0.2, -0.15) is 5.10 Å². The highest BCUT2D eigenvalue weighted by atomic mass is 16.3. The van der Waals surface area contributed by atoms with E-state index < -0.39 is 5.54 Å². The zero-order chi connectivity index (χ0) is 12.3. The van der Waals surface area contributed by atoms with Crippen molar-refractivity contribution in [3.63, 3.8) is 0 Å². The van der Waals surface area contributed by atoms with Crippen LogP contribution < -0.4 is 5.32 Å². The first kappa shape index (κ1) is 12.1. The number of aliphatic hydroxyl groups is 1. The Morgan fingerprint density at radius 2 is 2.59 bits per heavy atom. The SMILES string of the molecule is CC1CCCC(CO)(NC(=O)c2cn[nH]c2)C1. The Bertz CT molecular complexity index is 377. The molecular formula is C12H19N3O2. The molecule has 5 nitrogen and oxygen atoms in total. The maximum absolute atomic E-state index is 12.0.